The van der Waals surface area contributed by atoms with Crippen molar-refractivity contribution in [1.29, 1.82) is 0 Å². The van der Waals surface area contributed by atoms with Crippen molar-refractivity contribution in [3.63, 3.8) is 0 Å². The van der Waals surface area contributed by atoms with Gasteiger partial charge in [0.05, 0.1) is 0 Å². The normalized spacial score (nSPS) is 14.8. The fourth-order valence-electron chi connectivity index (χ4n) is 1.35. The molecular formula is C12H18N4O. The van der Waals surface area contributed by atoms with E-state index in [1.165, 1.54) is 12.8 Å². The summed E-state index contributed by atoms with van der Waals surface area (Å²) in [5.41, 5.74) is 0.368. The van der Waals surface area contributed by atoms with E-state index in [0.717, 1.165) is 5.82 Å². The molecule has 0 atom stereocenters. The molecule has 1 fully saturated rings. The highest BCUT2D eigenvalue weighted by atomic mass is 16.1. The van der Waals surface area contributed by atoms with Gasteiger partial charge in [0.15, 0.2) is 5.69 Å². The van der Waals surface area contributed by atoms with E-state index >= 15 is 0 Å². The Kier molecular flexibility index (Phi) is 3.56. The maximum atomic E-state index is 11.7. The molecule has 0 aromatic carbocycles. The quantitative estimate of drug-likeness (QED) is 0.809. The summed E-state index contributed by atoms with van der Waals surface area (Å²) in [6, 6.07) is 4.05. The predicted octanol–water partition coefficient (Wildman–Crippen LogP) is 1.44. The minimum absolute atomic E-state index is 0.163. The van der Waals surface area contributed by atoms with Crippen molar-refractivity contribution < 1.29 is 4.79 Å². The summed E-state index contributed by atoms with van der Waals surface area (Å²) in [6.45, 7) is 4.76. The summed E-state index contributed by atoms with van der Waals surface area (Å²) in [5.74, 6) is 1.01. The van der Waals surface area contributed by atoms with E-state index in [1.54, 1.807) is 12.1 Å². The predicted molar refractivity (Wildman–Crippen MR) is 65.8 cm³/mol. The van der Waals surface area contributed by atoms with E-state index < -0.39 is 0 Å². The number of nitrogens with zero attached hydrogens (tertiary/aromatic N) is 2. The monoisotopic (exact) mass is 234 g/mol. The van der Waals surface area contributed by atoms with Crippen LogP contribution < -0.4 is 10.6 Å². The van der Waals surface area contributed by atoms with Crippen LogP contribution in [0.25, 0.3) is 0 Å². The van der Waals surface area contributed by atoms with Gasteiger partial charge in [0.1, 0.15) is 5.82 Å². The summed E-state index contributed by atoms with van der Waals surface area (Å²) in [4.78, 5) is 11.7. The molecule has 0 spiro atoms. The number of rotatable bonds is 5. The minimum atomic E-state index is -0.163. The zero-order valence-corrected chi connectivity index (χ0v) is 10.2. The van der Waals surface area contributed by atoms with Crippen LogP contribution in [0.2, 0.25) is 0 Å². The van der Waals surface area contributed by atoms with Crippen molar-refractivity contribution in [1.82, 2.24) is 15.5 Å². The summed E-state index contributed by atoms with van der Waals surface area (Å²) >= 11 is 0. The van der Waals surface area contributed by atoms with Crippen molar-refractivity contribution in [2.45, 2.75) is 32.7 Å². The number of anilines is 1. The molecule has 5 nitrogen and oxygen atoms in total. The van der Waals surface area contributed by atoms with Gasteiger partial charge in [-0.1, -0.05) is 13.8 Å². The Hall–Kier alpha value is -1.65. The number of hydrogen-bond acceptors (Lipinski definition) is 4. The van der Waals surface area contributed by atoms with E-state index in [4.69, 9.17) is 0 Å². The Morgan fingerprint density at radius 3 is 2.71 bits per heavy atom. The van der Waals surface area contributed by atoms with Gasteiger partial charge in [-0.15, -0.1) is 10.2 Å². The SMILES string of the molecule is CC(C)CNC(=O)c1ccc(NC2CC2)nn1. The maximum Gasteiger partial charge on any atom is 0.271 e. The third-order valence-electron chi connectivity index (χ3n) is 2.50. The molecule has 2 rings (SSSR count). The molecule has 2 N–H and O–H groups in total. The molecule has 0 radical (unpaired) electrons. The minimum Gasteiger partial charge on any atom is -0.366 e. The number of carbonyl (C=O) groups excluding carboxylic acids is 1. The highest BCUT2D eigenvalue weighted by Gasteiger charge is 2.21. The lowest BCUT2D eigenvalue weighted by Crippen LogP contribution is -2.28. The zero-order chi connectivity index (χ0) is 12.3. The Labute approximate surface area is 101 Å². The van der Waals surface area contributed by atoms with E-state index in [9.17, 15) is 4.79 Å². The van der Waals surface area contributed by atoms with Crippen molar-refractivity contribution in [2.24, 2.45) is 5.92 Å². The Bertz CT molecular complexity index is 384. The molecule has 17 heavy (non-hydrogen) atoms. The van der Waals surface area contributed by atoms with Gasteiger partial charge in [0, 0.05) is 12.6 Å². The van der Waals surface area contributed by atoms with Crippen LogP contribution in [0.4, 0.5) is 5.82 Å². The highest BCUT2D eigenvalue weighted by Crippen LogP contribution is 2.23. The number of carbonyl (C=O) groups is 1. The first-order valence-corrected chi connectivity index (χ1v) is 6.03. The van der Waals surface area contributed by atoms with E-state index in [-0.39, 0.29) is 5.91 Å². The molecule has 1 aliphatic rings. The van der Waals surface area contributed by atoms with Gasteiger partial charge in [0.25, 0.3) is 5.91 Å². The van der Waals surface area contributed by atoms with Gasteiger partial charge < -0.3 is 10.6 Å². The first kappa shape index (κ1) is 11.8. The van der Waals surface area contributed by atoms with Crippen LogP contribution in [0.3, 0.4) is 0 Å². The number of aromatic nitrogens is 2. The van der Waals surface area contributed by atoms with Crippen LogP contribution in [-0.4, -0.2) is 28.7 Å². The second-order valence-corrected chi connectivity index (χ2v) is 4.83. The summed E-state index contributed by atoms with van der Waals surface area (Å²) in [5, 5.41) is 13.9. The maximum absolute atomic E-state index is 11.7. The van der Waals surface area contributed by atoms with Gasteiger partial charge in [-0.25, -0.2) is 0 Å². The summed E-state index contributed by atoms with van der Waals surface area (Å²) < 4.78 is 0. The van der Waals surface area contributed by atoms with Crippen LogP contribution >= 0.6 is 0 Å². The van der Waals surface area contributed by atoms with Crippen molar-refractivity contribution in [2.75, 3.05) is 11.9 Å². The molecule has 1 saturated carbocycles. The van der Waals surface area contributed by atoms with Crippen LogP contribution in [-0.2, 0) is 0 Å². The standard InChI is InChI=1S/C12H18N4O/c1-8(2)7-13-12(17)10-5-6-11(16-15-10)14-9-3-4-9/h5-6,8-9H,3-4,7H2,1-2H3,(H,13,17)(H,14,16). The largest absolute Gasteiger partial charge is 0.366 e. The van der Waals surface area contributed by atoms with Crippen LogP contribution in [0.1, 0.15) is 37.2 Å². The van der Waals surface area contributed by atoms with Crippen molar-refractivity contribution in [3.05, 3.63) is 17.8 Å². The molecule has 1 aliphatic carbocycles. The number of nitrogens with one attached hydrogen (secondary N) is 2. The molecule has 0 unspecified atom stereocenters. The fraction of sp³-hybridized carbons (Fsp3) is 0.583. The van der Waals surface area contributed by atoms with Crippen LogP contribution in [0.15, 0.2) is 12.1 Å². The molecule has 0 saturated heterocycles. The average molecular weight is 234 g/mol. The van der Waals surface area contributed by atoms with E-state index in [1.807, 2.05) is 0 Å². The van der Waals surface area contributed by atoms with Crippen LogP contribution in [0, 0.1) is 5.92 Å². The molecule has 1 aromatic rings. The molecule has 1 amide bonds. The van der Waals surface area contributed by atoms with Crippen LogP contribution in [0.5, 0.6) is 0 Å². The van der Waals surface area contributed by atoms with Gasteiger partial charge in [-0.05, 0) is 30.9 Å². The second kappa shape index (κ2) is 5.12. The number of amides is 1. The molecule has 92 valence electrons. The van der Waals surface area contributed by atoms with Gasteiger partial charge >= 0.3 is 0 Å². The average Bonchev–Trinajstić information content (AvgIpc) is 3.11. The Morgan fingerprint density at radius 2 is 2.18 bits per heavy atom. The first-order valence-electron chi connectivity index (χ1n) is 6.03. The zero-order valence-electron chi connectivity index (χ0n) is 10.2. The topological polar surface area (TPSA) is 66.9 Å². The first-order chi connectivity index (χ1) is 8.15. The lowest BCUT2D eigenvalue weighted by atomic mass is 10.2. The smallest absolute Gasteiger partial charge is 0.271 e. The second-order valence-electron chi connectivity index (χ2n) is 4.83. The molecular weight excluding hydrogens is 216 g/mol. The van der Waals surface area contributed by atoms with E-state index in [2.05, 4.69) is 34.7 Å². The lowest BCUT2D eigenvalue weighted by molar-refractivity contribution is 0.0943. The molecule has 1 heterocycles. The summed E-state index contributed by atoms with van der Waals surface area (Å²) in [7, 11) is 0. The van der Waals surface area contributed by atoms with Crippen molar-refractivity contribution >= 4 is 11.7 Å². The Morgan fingerprint density at radius 1 is 1.41 bits per heavy atom. The van der Waals surface area contributed by atoms with E-state index in [0.29, 0.717) is 24.2 Å². The molecule has 5 heteroatoms. The molecule has 0 bridgehead atoms. The third-order valence-corrected chi connectivity index (χ3v) is 2.50. The Balaban J connectivity index is 1.89. The number of hydrogen-bond donors (Lipinski definition) is 2. The van der Waals surface area contributed by atoms with Gasteiger partial charge in [0.2, 0.25) is 0 Å². The van der Waals surface area contributed by atoms with Gasteiger partial charge in [-0.3, -0.25) is 4.79 Å². The van der Waals surface area contributed by atoms with Crippen molar-refractivity contribution in [3.8, 4) is 0 Å². The third kappa shape index (κ3) is 3.69. The van der Waals surface area contributed by atoms with Gasteiger partial charge in [-0.2, -0.15) is 0 Å². The molecule has 0 aliphatic heterocycles. The lowest BCUT2D eigenvalue weighted by Gasteiger charge is -2.07. The fourth-order valence-corrected chi connectivity index (χ4v) is 1.35. The molecule has 1 aromatic heterocycles. The summed E-state index contributed by atoms with van der Waals surface area (Å²) in [6.07, 6.45) is 2.39. The highest BCUT2D eigenvalue weighted by molar-refractivity contribution is 5.92.